The molecule has 3 unspecified atom stereocenters. The monoisotopic (exact) mass is 221 g/mol. The van der Waals surface area contributed by atoms with Gasteiger partial charge in [-0.1, -0.05) is 13.0 Å². The van der Waals surface area contributed by atoms with E-state index in [2.05, 4.69) is 6.58 Å². The Morgan fingerprint density at radius 1 is 1.50 bits per heavy atom. The van der Waals surface area contributed by atoms with Crippen LogP contribution in [0.1, 0.15) is 24.0 Å². The van der Waals surface area contributed by atoms with Crippen LogP contribution >= 0.6 is 0 Å². The van der Waals surface area contributed by atoms with Crippen molar-refractivity contribution in [3.63, 3.8) is 0 Å². The van der Waals surface area contributed by atoms with Crippen molar-refractivity contribution in [1.29, 1.82) is 0 Å². The molecular formula is C12H15NO3. The van der Waals surface area contributed by atoms with Gasteiger partial charge < -0.3 is 14.9 Å². The molecule has 1 aliphatic heterocycles. The summed E-state index contributed by atoms with van der Waals surface area (Å²) in [6.45, 7) is 6.07. The summed E-state index contributed by atoms with van der Waals surface area (Å²) in [5.74, 6) is 0.479. The van der Waals surface area contributed by atoms with E-state index in [1.807, 2.05) is 6.92 Å². The maximum absolute atomic E-state index is 10.1. The number of nitrogens with zero attached hydrogens (tertiary/aromatic N) is 1. The predicted octanol–water partition coefficient (Wildman–Crippen LogP) is 1.51. The zero-order valence-electron chi connectivity index (χ0n) is 9.18. The highest BCUT2D eigenvalue weighted by molar-refractivity contribution is 5.51. The second-order valence-corrected chi connectivity index (χ2v) is 4.57. The normalized spacial score (nSPS) is 30.7. The maximum Gasteiger partial charge on any atom is 0.198 e. The van der Waals surface area contributed by atoms with E-state index in [0.717, 1.165) is 11.1 Å². The molecule has 0 spiro atoms. The second-order valence-electron chi connectivity index (χ2n) is 4.57. The fraction of sp³-hybridized carbons (Fsp3) is 0.500. The third-order valence-electron chi connectivity index (χ3n) is 3.63. The summed E-state index contributed by atoms with van der Waals surface area (Å²) >= 11 is 0. The molecule has 2 aliphatic rings. The minimum absolute atomic E-state index is 0.158. The van der Waals surface area contributed by atoms with Gasteiger partial charge in [0.05, 0.1) is 12.2 Å². The van der Waals surface area contributed by atoms with E-state index in [0.29, 0.717) is 13.0 Å². The SMILES string of the molecule is C=CCn1c(O)c2c(c1O)C(C)C1OC1C2. The van der Waals surface area contributed by atoms with Crippen LogP contribution in [0, 0.1) is 0 Å². The minimum Gasteiger partial charge on any atom is -0.494 e. The van der Waals surface area contributed by atoms with Crippen LogP contribution in [0.4, 0.5) is 0 Å². The first-order valence-corrected chi connectivity index (χ1v) is 5.54. The van der Waals surface area contributed by atoms with E-state index in [9.17, 15) is 10.2 Å². The van der Waals surface area contributed by atoms with Gasteiger partial charge in [-0.25, -0.2) is 0 Å². The molecule has 1 aromatic rings. The van der Waals surface area contributed by atoms with Crippen molar-refractivity contribution in [2.24, 2.45) is 0 Å². The standard InChI is InChI=1S/C12H15NO3/c1-3-4-13-11(14)7-5-8-10(16-8)6(2)9(7)12(13)15/h3,6,8,10,14-15H,1,4-5H2,2H3. The predicted molar refractivity (Wildman–Crippen MR) is 58.7 cm³/mol. The summed E-state index contributed by atoms with van der Waals surface area (Å²) in [4.78, 5) is 0. The summed E-state index contributed by atoms with van der Waals surface area (Å²) in [5, 5.41) is 20.1. The molecule has 16 heavy (non-hydrogen) atoms. The number of fused-ring (bicyclic) bond motifs is 2. The Morgan fingerprint density at radius 2 is 2.25 bits per heavy atom. The fourth-order valence-corrected chi connectivity index (χ4v) is 2.77. The molecule has 2 N–H and O–H groups in total. The summed E-state index contributed by atoms with van der Waals surface area (Å²) in [5.41, 5.74) is 1.68. The highest BCUT2D eigenvalue weighted by Gasteiger charge is 2.50. The van der Waals surface area contributed by atoms with Gasteiger partial charge in [-0.2, -0.15) is 0 Å². The Bertz CT molecular complexity index is 463. The number of hydrogen-bond acceptors (Lipinski definition) is 3. The van der Waals surface area contributed by atoms with Gasteiger partial charge in [0.25, 0.3) is 0 Å². The lowest BCUT2D eigenvalue weighted by Gasteiger charge is -2.14. The number of rotatable bonds is 2. The van der Waals surface area contributed by atoms with Crippen molar-refractivity contribution in [2.45, 2.75) is 38.0 Å². The quantitative estimate of drug-likeness (QED) is 0.588. The third kappa shape index (κ3) is 1.08. The molecular weight excluding hydrogens is 206 g/mol. The lowest BCUT2D eigenvalue weighted by atomic mass is 9.86. The minimum atomic E-state index is 0.158. The molecule has 4 nitrogen and oxygen atoms in total. The molecule has 2 heterocycles. The molecule has 0 amide bonds. The molecule has 86 valence electrons. The van der Waals surface area contributed by atoms with Crippen molar-refractivity contribution in [1.82, 2.24) is 4.57 Å². The van der Waals surface area contributed by atoms with Gasteiger partial charge >= 0.3 is 0 Å². The topological polar surface area (TPSA) is 57.9 Å². The first kappa shape index (κ1) is 9.78. The summed E-state index contributed by atoms with van der Waals surface area (Å²) in [6.07, 6.45) is 2.81. The van der Waals surface area contributed by atoms with Crippen LogP contribution < -0.4 is 0 Å². The van der Waals surface area contributed by atoms with Crippen LogP contribution in [-0.2, 0) is 17.7 Å². The molecule has 4 heteroatoms. The van der Waals surface area contributed by atoms with Gasteiger partial charge in [-0.3, -0.25) is 4.57 Å². The van der Waals surface area contributed by atoms with Crippen LogP contribution in [-0.4, -0.2) is 27.0 Å². The Balaban J connectivity index is 2.13. The zero-order chi connectivity index (χ0) is 11.4. The van der Waals surface area contributed by atoms with E-state index in [4.69, 9.17) is 4.74 Å². The number of hydrogen-bond donors (Lipinski definition) is 2. The van der Waals surface area contributed by atoms with Gasteiger partial charge in [-0.05, 0) is 0 Å². The lowest BCUT2D eigenvalue weighted by molar-refractivity contribution is 0.346. The number of epoxide rings is 1. The number of allylic oxidation sites excluding steroid dienone is 1. The molecule has 0 saturated carbocycles. The molecule has 1 saturated heterocycles. The van der Waals surface area contributed by atoms with Crippen molar-refractivity contribution < 1.29 is 14.9 Å². The molecule has 0 radical (unpaired) electrons. The van der Waals surface area contributed by atoms with Crippen LogP contribution in [0.25, 0.3) is 0 Å². The van der Waals surface area contributed by atoms with Gasteiger partial charge in [0.15, 0.2) is 11.8 Å². The molecule has 3 atom stereocenters. The van der Waals surface area contributed by atoms with Crippen LogP contribution in [0.2, 0.25) is 0 Å². The smallest absolute Gasteiger partial charge is 0.198 e. The lowest BCUT2D eigenvalue weighted by Crippen LogP contribution is -2.14. The van der Waals surface area contributed by atoms with Crippen LogP contribution in [0.5, 0.6) is 11.8 Å². The third-order valence-corrected chi connectivity index (χ3v) is 3.63. The first-order chi connectivity index (χ1) is 7.65. The van der Waals surface area contributed by atoms with Crippen molar-refractivity contribution in [3.05, 3.63) is 23.8 Å². The largest absolute Gasteiger partial charge is 0.494 e. The maximum atomic E-state index is 10.1. The number of aromatic hydroxyl groups is 2. The van der Waals surface area contributed by atoms with Crippen molar-refractivity contribution >= 4 is 0 Å². The highest BCUT2D eigenvalue weighted by Crippen LogP contribution is 2.51. The van der Waals surface area contributed by atoms with E-state index >= 15 is 0 Å². The van der Waals surface area contributed by atoms with Gasteiger partial charge in [0.2, 0.25) is 0 Å². The van der Waals surface area contributed by atoms with E-state index in [1.54, 1.807) is 6.08 Å². The van der Waals surface area contributed by atoms with Crippen LogP contribution in [0.15, 0.2) is 12.7 Å². The van der Waals surface area contributed by atoms with Crippen molar-refractivity contribution in [3.8, 4) is 11.8 Å². The Hall–Kier alpha value is -1.42. The van der Waals surface area contributed by atoms with E-state index < -0.39 is 0 Å². The molecule has 0 aromatic carbocycles. The highest BCUT2D eigenvalue weighted by atomic mass is 16.6. The second kappa shape index (κ2) is 3.04. The average Bonchev–Trinajstić information content (AvgIpc) is 2.99. The molecule has 1 fully saturated rings. The van der Waals surface area contributed by atoms with Gasteiger partial charge in [0, 0.05) is 30.0 Å². The van der Waals surface area contributed by atoms with Gasteiger partial charge in [0.1, 0.15) is 0 Å². The number of ether oxygens (including phenoxy) is 1. The molecule has 1 aliphatic carbocycles. The molecule has 3 rings (SSSR count). The summed E-state index contributed by atoms with van der Waals surface area (Å²) < 4.78 is 6.99. The first-order valence-electron chi connectivity index (χ1n) is 5.54. The Labute approximate surface area is 93.8 Å². The summed E-state index contributed by atoms with van der Waals surface area (Å²) in [6, 6.07) is 0. The Morgan fingerprint density at radius 3 is 2.94 bits per heavy atom. The fourth-order valence-electron chi connectivity index (χ4n) is 2.77. The molecule has 0 bridgehead atoms. The molecule has 1 aromatic heterocycles. The van der Waals surface area contributed by atoms with Gasteiger partial charge in [-0.15, -0.1) is 6.58 Å². The van der Waals surface area contributed by atoms with Crippen LogP contribution in [0.3, 0.4) is 0 Å². The van der Waals surface area contributed by atoms with E-state index in [-0.39, 0.29) is 29.9 Å². The summed E-state index contributed by atoms with van der Waals surface area (Å²) in [7, 11) is 0. The van der Waals surface area contributed by atoms with E-state index in [1.165, 1.54) is 4.57 Å². The number of aromatic nitrogens is 1. The van der Waals surface area contributed by atoms with Crippen molar-refractivity contribution in [2.75, 3.05) is 0 Å². The zero-order valence-corrected chi connectivity index (χ0v) is 9.18. The average molecular weight is 221 g/mol. The Kier molecular flexibility index (Phi) is 1.86.